The van der Waals surface area contributed by atoms with Gasteiger partial charge in [0, 0.05) is 16.7 Å². The van der Waals surface area contributed by atoms with Crippen LogP contribution in [-0.2, 0) is 0 Å². The van der Waals surface area contributed by atoms with Crippen LogP contribution >= 0.6 is 0 Å². The fourth-order valence-corrected chi connectivity index (χ4v) is 9.50. The van der Waals surface area contributed by atoms with Crippen molar-refractivity contribution in [2.24, 2.45) is 0 Å². The van der Waals surface area contributed by atoms with Crippen molar-refractivity contribution < 1.29 is 0 Å². The van der Waals surface area contributed by atoms with Crippen LogP contribution in [0.15, 0.2) is 286 Å². The van der Waals surface area contributed by atoms with Gasteiger partial charge in [0.1, 0.15) is 0 Å². The maximum Gasteiger partial charge on any atom is 0.164 e. The molecule has 0 aliphatic heterocycles. The summed E-state index contributed by atoms with van der Waals surface area (Å²) in [7, 11) is 0. The summed E-state index contributed by atoms with van der Waals surface area (Å²) < 4.78 is 0. The van der Waals surface area contributed by atoms with Gasteiger partial charge in [-0.3, -0.25) is 0 Å². The van der Waals surface area contributed by atoms with Crippen LogP contribution in [0.3, 0.4) is 0 Å². The van der Waals surface area contributed by atoms with Crippen LogP contribution in [0.25, 0.3) is 118 Å². The van der Waals surface area contributed by atoms with Crippen molar-refractivity contribution in [2.75, 3.05) is 0 Å². The Hall–Kier alpha value is -9.57. The van der Waals surface area contributed by atoms with E-state index < -0.39 is 0 Å². The van der Waals surface area contributed by atoms with Crippen molar-refractivity contribution in [1.82, 2.24) is 15.0 Å². The highest BCUT2D eigenvalue weighted by Crippen LogP contribution is 2.43. The lowest BCUT2D eigenvalue weighted by molar-refractivity contribution is 1.07. The smallest absolute Gasteiger partial charge is 0.164 e. The van der Waals surface area contributed by atoms with Gasteiger partial charge in [-0.1, -0.05) is 232 Å². The van der Waals surface area contributed by atoms with E-state index in [4.69, 9.17) is 15.0 Å². The molecule has 3 nitrogen and oxygen atoms in total. The number of nitrogens with zero attached hydrogens (tertiary/aromatic N) is 3. The summed E-state index contributed by atoms with van der Waals surface area (Å²) in [6, 6.07) is 89.7. The Kier molecular flexibility index (Phi) is 12.8. The van der Waals surface area contributed by atoms with Gasteiger partial charge in [-0.2, -0.15) is 0 Å². The molecule has 1 aromatic heterocycles. The zero-order valence-corrected chi connectivity index (χ0v) is 39.7. The molecule has 0 atom stereocenters. The minimum absolute atomic E-state index is 0.559. The monoisotopic (exact) mass is 919 g/mol. The second-order valence-corrected chi connectivity index (χ2v) is 17.7. The molecule has 11 aromatic rings. The lowest BCUT2D eigenvalue weighted by Crippen LogP contribution is -2.01. The Labute approximate surface area is 422 Å². The van der Waals surface area contributed by atoms with E-state index in [1.165, 1.54) is 0 Å². The van der Waals surface area contributed by atoms with Crippen LogP contribution < -0.4 is 0 Å². The quantitative estimate of drug-likeness (QED) is 0.108. The molecule has 0 saturated carbocycles. The maximum atomic E-state index is 5.44. The Morgan fingerprint density at radius 2 is 0.583 bits per heavy atom. The van der Waals surface area contributed by atoms with Gasteiger partial charge in [0.25, 0.3) is 0 Å². The molecule has 0 saturated heterocycles. The maximum absolute atomic E-state index is 5.44. The highest BCUT2D eigenvalue weighted by Gasteiger charge is 2.21. The molecule has 11 rings (SSSR count). The van der Waals surface area contributed by atoms with Crippen molar-refractivity contribution in [3.63, 3.8) is 0 Å². The van der Waals surface area contributed by atoms with E-state index in [2.05, 4.69) is 268 Å². The number of hydrogen-bond donors (Lipinski definition) is 0. The zero-order chi connectivity index (χ0) is 48.6. The summed E-state index contributed by atoms with van der Waals surface area (Å²) in [5.74, 6) is 1.70. The van der Waals surface area contributed by atoms with Crippen molar-refractivity contribution in [2.45, 2.75) is 0 Å². The zero-order valence-electron chi connectivity index (χ0n) is 39.7. The molecule has 0 spiro atoms. The molecule has 0 bridgehead atoms. The van der Waals surface area contributed by atoms with Crippen LogP contribution in [0, 0.1) is 0 Å². The normalized spacial score (nSPS) is 11.2. The molecule has 72 heavy (non-hydrogen) atoms. The largest absolute Gasteiger partial charge is 0.208 e. The van der Waals surface area contributed by atoms with E-state index in [1.807, 2.05) is 18.2 Å². The highest BCUT2D eigenvalue weighted by atomic mass is 15.0. The molecular weight excluding hydrogens is 871 g/mol. The van der Waals surface area contributed by atoms with E-state index in [9.17, 15) is 0 Å². The third-order valence-electron chi connectivity index (χ3n) is 13.0. The summed E-state index contributed by atoms with van der Waals surface area (Å²) in [6.45, 7) is 8.40. The highest BCUT2D eigenvalue weighted by molar-refractivity contribution is 5.98. The van der Waals surface area contributed by atoms with Crippen LogP contribution in [0.1, 0.15) is 5.56 Å². The number of hydrogen-bond acceptors (Lipinski definition) is 3. The Bertz CT molecular complexity index is 3470. The van der Waals surface area contributed by atoms with Crippen LogP contribution in [0.4, 0.5) is 0 Å². The van der Waals surface area contributed by atoms with Crippen molar-refractivity contribution in [3.8, 4) is 112 Å². The first-order chi connectivity index (χ1) is 35.6. The topological polar surface area (TPSA) is 38.7 Å². The number of rotatable bonds is 13. The molecule has 0 amide bonds. The lowest BCUT2D eigenvalue weighted by atomic mass is 9.84. The molecule has 10 aromatic carbocycles. The standard InChI is InChI=1S/C69H49N3/c1-3-24-48(4-2)64-46-61(53-33-19-9-20-34-53)47-65(54-35-21-10-22-36-54)66(64)55-37-23-38-56(39-55)67-70-68(62-42-57(49-25-11-5-12-26-49)40-58(43-62)50-27-13-6-14-28-50)72-69(71-67)63-44-59(51-29-15-7-16-30-51)41-60(45-63)52-31-17-8-18-32-52/h3-47H,1-2H2. The fourth-order valence-electron chi connectivity index (χ4n) is 9.50. The van der Waals surface area contributed by atoms with Gasteiger partial charge in [-0.25, -0.2) is 15.0 Å². The molecular formula is C69H49N3. The number of aromatic nitrogens is 3. The Balaban J connectivity index is 1.17. The summed E-state index contributed by atoms with van der Waals surface area (Å²) >= 11 is 0. The second kappa shape index (κ2) is 20.6. The van der Waals surface area contributed by atoms with Gasteiger partial charge in [0.15, 0.2) is 17.5 Å². The average Bonchev–Trinajstić information content (AvgIpc) is 3.47. The number of benzene rings is 10. The van der Waals surface area contributed by atoms with Gasteiger partial charge < -0.3 is 0 Å². The van der Waals surface area contributed by atoms with E-state index in [0.29, 0.717) is 17.5 Å². The van der Waals surface area contributed by atoms with Crippen LogP contribution in [0.5, 0.6) is 0 Å². The predicted octanol–water partition coefficient (Wildman–Crippen LogP) is 18.3. The Morgan fingerprint density at radius 1 is 0.278 bits per heavy atom. The average molecular weight is 920 g/mol. The molecule has 3 heteroatoms. The lowest BCUT2D eigenvalue weighted by Gasteiger charge is -2.20. The van der Waals surface area contributed by atoms with E-state index in [-0.39, 0.29) is 0 Å². The van der Waals surface area contributed by atoms with Gasteiger partial charge in [0.2, 0.25) is 0 Å². The minimum atomic E-state index is 0.559. The SMILES string of the molecule is C=CC=C(C=C)c1cc(-c2ccccc2)cc(-c2ccccc2)c1-c1cccc(-c2nc(-c3cc(-c4ccccc4)cc(-c4ccccc4)c3)nc(-c3cc(-c4ccccc4)cc(-c4ccccc4)c3)n2)c1. The third-order valence-corrected chi connectivity index (χ3v) is 13.0. The molecule has 0 unspecified atom stereocenters. The van der Waals surface area contributed by atoms with Gasteiger partial charge in [0.05, 0.1) is 0 Å². The van der Waals surface area contributed by atoms with Crippen molar-refractivity contribution in [1.29, 1.82) is 0 Å². The van der Waals surface area contributed by atoms with E-state index >= 15 is 0 Å². The first kappa shape index (κ1) is 44.9. The molecule has 340 valence electrons. The third kappa shape index (κ3) is 9.56. The van der Waals surface area contributed by atoms with Crippen LogP contribution in [0.2, 0.25) is 0 Å². The van der Waals surface area contributed by atoms with Gasteiger partial charge >= 0.3 is 0 Å². The summed E-state index contributed by atoms with van der Waals surface area (Å²) in [6.07, 6.45) is 5.78. The summed E-state index contributed by atoms with van der Waals surface area (Å²) in [5, 5.41) is 0. The second-order valence-electron chi connectivity index (χ2n) is 17.7. The first-order valence-electron chi connectivity index (χ1n) is 24.2. The molecule has 0 N–H and O–H groups in total. The van der Waals surface area contributed by atoms with Gasteiger partial charge in [-0.15, -0.1) is 0 Å². The molecule has 0 aliphatic carbocycles. The predicted molar refractivity (Wildman–Crippen MR) is 303 cm³/mol. The molecule has 0 aliphatic rings. The fraction of sp³-hybridized carbons (Fsp3) is 0. The van der Waals surface area contributed by atoms with Crippen molar-refractivity contribution in [3.05, 3.63) is 292 Å². The van der Waals surface area contributed by atoms with E-state index in [0.717, 1.165) is 106 Å². The van der Waals surface area contributed by atoms with E-state index in [1.54, 1.807) is 0 Å². The summed E-state index contributed by atoms with van der Waals surface area (Å²) in [5.41, 5.74) is 19.8. The van der Waals surface area contributed by atoms with Gasteiger partial charge in [-0.05, 0) is 144 Å². The number of allylic oxidation sites excluding steroid dienone is 4. The molecule has 0 radical (unpaired) electrons. The minimum Gasteiger partial charge on any atom is -0.208 e. The molecule has 0 fully saturated rings. The van der Waals surface area contributed by atoms with Crippen molar-refractivity contribution >= 4 is 5.57 Å². The first-order valence-corrected chi connectivity index (χ1v) is 24.2. The summed E-state index contributed by atoms with van der Waals surface area (Å²) in [4.78, 5) is 16.3. The Morgan fingerprint density at radius 3 is 0.958 bits per heavy atom. The van der Waals surface area contributed by atoms with Crippen LogP contribution in [-0.4, -0.2) is 15.0 Å². The molecule has 1 heterocycles.